The minimum Gasteiger partial charge on any atom is -0.497 e. The summed E-state index contributed by atoms with van der Waals surface area (Å²) in [6.45, 7) is 13.4. The van der Waals surface area contributed by atoms with Crippen molar-refractivity contribution in [1.82, 2.24) is 0 Å². The second-order valence-corrected chi connectivity index (χ2v) is 11.6. The van der Waals surface area contributed by atoms with Crippen LogP contribution in [0, 0.1) is 0 Å². The molecule has 0 fully saturated rings. The summed E-state index contributed by atoms with van der Waals surface area (Å²) in [6, 6.07) is 34.1. The van der Waals surface area contributed by atoms with Crippen molar-refractivity contribution in [3.05, 3.63) is 103 Å². The van der Waals surface area contributed by atoms with Crippen molar-refractivity contribution in [3.63, 3.8) is 0 Å². The van der Waals surface area contributed by atoms with Gasteiger partial charge in [-0.15, -0.1) is 0 Å². The Morgan fingerprint density at radius 1 is 0.500 bits per heavy atom. The molecule has 4 heteroatoms. The van der Waals surface area contributed by atoms with E-state index < -0.39 is 0 Å². The van der Waals surface area contributed by atoms with Gasteiger partial charge in [-0.05, 0) is 117 Å². The predicted octanol–water partition coefficient (Wildman–Crippen LogP) is 9.41. The summed E-state index contributed by atoms with van der Waals surface area (Å²) in [5.41, 5.74) is 6.77. The van der Waals surface area contributed by atoms with Crippen LogP contribution in [-0.2, 0) is 5.41 Å². The largest absolute Gasteiger partial charge is 0.497 e. The minimum atomic E-state index is -0.118. The van der Waals surface area contributed by atoms with Crippen molar-refractivity contribution < 1.29 is 9.47 Å². The maximum Gasteiger partial charge on any atom is 0.119 e. The molecule has 0 saturated carbocycles. The molecule has 0 aliphatic heterocycles. The Balaban J connectivity index is 1.78. The highest BCUT2D eigenvalue weighted by molar-refractivity contribution is 5.79. The fourth-order valence-electron chi connectivity index (χ4n) is 4.70. The SMILES string of the molecule is COc1ccc(N(c2ccc(N(c3ccc(OC)cc3)C(C)(C)C)cc2)c2cccc(C(C)(C)C)c2)cc1. The molecule has 0 heterocycles. The molecule has 0 spiro atoms. The van der Waals surface area contributed by atoms with E-state index in [2.05, 4.69) is 124 Å². The second kappa shape index (κ2) is 10.8. The molecule has 0 aliphatic carbocycles. The van der Waals surface area contributed by atoms with Gasteiger partial charge in [0.2, 0.25) is 0 Å². The first kappa shape index (κ1) is 27.1. The lowest BCUT2D eigenvalue weighted by Crippen LogP contribution is -2.37. The molecule has 0 radical (unpaired) electrons. The lowest BCUT2D eigenvalue weighted by Gasteiger charge is -2.38. The van der Waals surface area contributed by atoms with E-state index in [-0.39, 0.29) is 11.0 Å². The molecule has 0 aliphatic rings. The number of hydrogen-bond acceptors (Lipinski definition) is 4. The van der Waals surface area contributed by atoms with Gasteiger partial charge < -0.3 is 19.3 Å². The van der Waals surface area contributed by atoms with E-state index in [9.17, 15) is 0 Å². The van der Waals surface area contributed by atoms with Crippen LogP contribution < -0.4 is 19.3 Å². The lowest BCUT2D eigenvalue weighted by atomic mass is 9.87. The van der Waals surface area contributed by atoms with Gasteiger partial charge in [0.25, 0.3) is 0 Å². The Labute approximate surface area is 228 Å². The number of methoxy groups -OCH3 is 2. The standard InChI is InChI=1S/C34H40N2O2/c1-33(2,3)25-10-9-11-30(24-25)35(27-16-20-31(37-7)21-17-27)26-12-14-28(15-13-26)36(34(4,5)6)29-18-22-32(38-8)23-19-29/h9-24H,1-8H3. The molecule has 38 heavy (non-hydrogen) atoms. The molecule has 4 nitrogen and oxygen atoms in total. The minimum absolute atomic E-state index is 0.0526. The fourth-order valence-corrected chi connectivity index (χ4v) is 4.70. The average molecular weight is 509 g/mol. The Morgan fingerprint density at radius 3 is 1.34 bits per heavy atom. The van der Waals surface area contributed by atoms with Gasteiger partial charge in [-0.1, -0.05) is 32.9 Å². The van der Waals surface area contributed by atoms with E-state index in [4.69, 9.17) is 9.47 Å². The van der Waals surface area contributed by atoms with E-state index >= 15 is 0 Å². The number of ether oxygens (including phenoxy) is 2. The van der Waals surface area contributed by atoms with Gasteiger partial charge in [-0.2, -0.15) is 0 Å². The first-order valence-corrected chi connectivity index (χ1v) is 13.1. The molecule has 4 aromatic rings. The molecular weight excluding hydrogens is 468 g/mol. The highest BCUT2D eigenvalue weighted by Gasteiger charge is 2.24. The van der Waals surface area contributed by atoms with E-state index in [1.807, 2.05) is 24.3 Å². The molecular formula is C34H40N2O2. The van der Waals surface area contributed by atoms with Gasteiger partial charge in [0, 0.05) is 34.0 Å². The first-order valence-electron chi connectivity index (χ1n) is 13.1. The highest BCUT2D eigenvalue weighted by Crippen LogP contribution is 2.40. The van der Waals surface area contributed by atoms with Crippen molar-refractivity contribution in [2.24, 2.45) is 0 Å². The Bertz CT molecular complexity index is 1330. The zero-order valence-corrected chi connectivity index (χ0v) is 23.9. The second-order valence-electron chi connectivity index (χ2n) is 11.6. The number of anilines is 5. The van der Waals surface area contributed by atoms with Crippen LogP contribution in [0.3, 0.4) is 0 Å². The van der Waals surface area contributed by atoms with Crippen molar-refractivity contribution in [3.8, 4) is 11.5 Å². The van der Waals surface area contributed by atoms with Crippen molar-refractivity contribution in [1.29, 1.82) is 0 Å². The monoisotopic (exact) mass is 508 g/mol. The van der Waals surface area contributed by atoms with E-state index in [1.54, 1.807) is 14.2 Å². The van der Waals surface area contributed by atoms with Crippen molar-refractivity contribution in [2.45, 2.75) is 52.5 Å². The van der Waals surface area contributed by atoms with Gasteiger partial charge in [-0.3, -0.25) is 0 Å². The summed E-state index contributed by atoms with van der Waals surface area (Å²) < 4.78 is 10.8. The van der Waals surface area contributed by atoms with E-state index in [1.165, 1.54) is 5.56 Å². The predicted molar refractivity (Wildman–Crippen MR) is 161 cm³/mol. The summed E-state index contributed by atoms with van der Waals surface area (Å²) in [5, 5.41) is 0. The van der Waals surface area contributed by atoms with Crippen LogP contribution in [0.15, 0.2) is 97.1 Å². The molecule has 0 N–H and O–H groups in total. The quantitative estimate of drug-likeness (QED) is 0.248. The van der Waals surface area contributed by atoms with Gasteiger partial charge >= 0.3 is 0 Å². The summed E-state index contributed by atoms with van der Waals surface area (Å²) in [4.78, 5) is 4.65. The Morgan fingerprint density at radius 2 is 0.921 bits per heavy atom. The normalized spacial score (nSPS) is 11.7. The summed E-state index contributed by atoms with van der Waals surface area (Å²) in [6.07, 6.45) is 0. The summed E-state index contributed by atoms with van der Waals surface area (Å²) in [5.74, 6) is 1.69. The average Bonchev–Trinajstić information content (AvgIpc) is 2.89. The lowest BCUT2D eigenvalue weighted by molar-refractivity contribution is 0.414. The maximum absolute atomic E-state index is 5.42. The summed E-state index contributed by atoms with van der Waals surface area (Å²) >= 11 is 0. The topological polar surface area (TPSA) is 24.9 Å². The van der Waals surface area contributed by atoms with Crippen molar-refractivity contribution >= 4 is 28.4 Å². The molecule has 0 atom stereocenters. The fraction of sp³-hybridized carbons (Fsp3) is 0.294. The number of nitrogens with zero attached hydrogens (tertiary/aromatic N) is 2. The molecule has 0 saturated heterocycles. The van der Waals surface area contributed by atoms with Crippen LogP contribution in [-0.4, -0.2) is 19.8 Å². The number of rotatable bonds is 7. The van der Waals surface area contributed by atoms with Crippen LogP contribution >= 0.6 is 0 Å². The van der Waals surface area contributed by atoms with Gasteiger partial charge in [0.15, 0.2) is 0 Å². The van der Waals surface area contributed by atoms with Crippen LogP contribution in [0.5, 0.6) is 11.5 Å². The third-order valence-electron chi connectivity index (χ3n) is 6.67. The first-order chi connectivity index (χ1) is 18.0. The zero-order chi connectivity index (χ0) is 27.5. The molecule has 0 aromatic heterocycles. The maximum atomic E-state index is 5.42. The molecule has 0 bridgehead atoms. The van der Waals surface area contributed by atoms with Crippen LogP contribution in [0.4, 0.5) is 28.4 Å². The number of benzene rings is 4. The molecule has 4 aromatic carbocycles. The van der Waals surface area contributed by atoms with Crippen LogP contribution in [0.2, 0.25) is 0 Å². The third-order valence-corrected chi connectivity index (χ3v) is 6.67. The van der Waals surface area contributed by atoms with Gasteiger partial charge in [0.05, 0.1) is 14.2 Å². The third kappa shape index (κ3) is 5.96. The van der Waals surface area contributed by atoms with E-state index in [0.29, 0.717) is 0 Å². The van der Waals surface area contributed by atoms with E-state index in [0.717, 1.165) is 39.9 Å². The van der Waals surface area contributed by atoms with Crippen LogP contribution in [0.25, 0.3) is 0 Å². The smallest absolute Gasteiger partial charge is 0.119 e. The zero-order valence-electron chi connectivity index (χ0n) is 23.9. The molecule has 198 valence electrons. The number of hydrogen-bond donors (Lipinski definition) is 0. The molecule has 4 rings (SSSR count). The summed E-state index contributed by atoms with van der Waals surface area (Å²) in [7, 11) is 3.39. The highest BCUT2D eigenvalue weighted by atomic mass is 16.5. The van der Waals surface area contributed by atoms with Crippen LogP contribution in [0.1, 0.15) is 47.1 Å². The van der Waals surface area contributed by atoms with Gasteiger partial charge in [-0.25, -0.2) is 0 Å². The van der Waals surface area contributed by atoms with Gasteiger partial charge in [0.1, 0.15) is 11.5 Å². The molecule has 0 amide bonds. The Hall–Kier alpha value is -3.92. The van der Waals surface area contributed by atoms with Crippen molar-refractivity contribution in [2.75, 3.05) is 24.0 Å². The Kier molecular flexibility index (Phi) is 7.73. The molecule has 0 unspecified atom stereocenters.